The summed E-state index contributed by atoms with van der Waals surface area (Å²) in [6.45, 7) is 3.86. The molecule has 1 aromatic rings. The maximum atomic E-state index is 12.0. The van der Waals surface area contributed by atoms with Gasteiger partial charge >= 0.3 is 0 Å². The summed E-state index contributed by atoms with van der Waals surface area (Å²) in [6.07, 6.45) is 2.41. The highest BCUT2D eigenvalue weighted by molar-refractivity contribution is 14.1. The van der Waals surface area contributed by atoms with Gasteiger partial charge in [-0.25, -0.2) is 9.88 Å². The van der Waals surface area contributed by atoms with E-state index < -0.39 is 0 Å². The number of rotatable bonds is 1. The molecule has 0 aromatic carbocycles. The summed E-state index contributed by atoms with van der Waals surface area (Å²) in [7, 11) is 0. The molecule has 0 saturated carbocycles. The van der Waals surface area contributed by atoms with Crippen LogP contribution in [0.15, 0.2) is 18.3 Å². The standard InChI is InChI=1S/C12H13IN2O2/c1-12(2)5-10(16)15(11(17)6-12)9-4-3-8(13)7-14-9/h3-4,7H,5-6H2,1-2H3. The maximum Gasteiger partial charge on any atom is 0.235 e. The molecule has 1 aromatic heterocycles. The second-order valence-electron chi connectivity index (χ2n) is 4.98. The summed E-state index contributed by atoms with van der Waals surface area (Å²) >= 11 is 2.13. The number of halogens is 1. The Morgan fingerprint density at radius 2 is 1.82 bits per heavy atom. The molecule has 90 valence electrons. The minimum Gasteiger partial charge on any atom is -0.274 e. The average molecular weight is 344 g/mol. The topological polar surface area (TPSA) is 50.3 Å². The van der Waals surface area contributed by atoms with Crippen molar-refractivity contribution in [2.75, 3.05) is 4.90 Å². The van der Waals surface area contributed by atoms with Crippen LogP contribution in [0.4, 0.5) is 5.82 Å². The Morgan fingerprint density at radius 3 is 2.29 bits per heavy atom. The van der Waals surface area contributed by atoms with Gasteiger partial charge in [-0.1, -0.05) is 13.8 Å². The van der Waals surface area contributed by atoms with E-state index in [0.29, 0.717) is 18.7 Å². The van der Waals surface area contributed by atoms with Crippen molar-refractivity contribution in [3.63, 3.8) is 0 Å². The van der Waals surface area contributed by atoms with Gasteiger partial charge in [0, 0.05) is 22.6 Å². The molecule has 2 rings (SSSR count). The van der Waals surface area contributed by atoms with Crippen molar-refractivity contribution in [1.82, 2.24) is 4.98 Å². The Hall–Kier alpha value is -0.980. The first-order valence-electron chi connectivity index (χ1n) is 5.36. The van der Waals surface area contributed by atoms with Crippen LogP contribution in [0.3, 0.4) is 0 Å². The number of amides is 2. The van der Waals surface area contributed by atoms with Gasteiger partial charge in [0.25, 0.3) is 0 Å². The predicted octanol–water partition coefficient (Wildman–Crippen LogP) is 2.37. The fourth-order valence-corrected chi connectivity index (χ4v) is 2.25. The molecular weight excluding hydrogens is 331 g/mol. The van der Waals surface area contributed by atoms with Gasteiger partial charge in [-0.3, -0.25) is 9.59 Å². The summed E-state index contributed by atoms with van der Waals surface area (Å²) in [6, 6.07) is 3.54. The number of hydrogen-bond donors (Lipinski definition) is 0. The normalized spacial score (nSPS) is 19.6. The van der Waals surface area contributed by atoms with Crippen LogP contribution in [0, 0.1) is 8.99 Å². The highest BCUT2D eigenvalue weighted by Crippen LogP contribution is 2.33. The Bertz CT molecular complexity index is 448. The number of pyridine rings is 1. The summed E-state index contributed by atoms with van der Waals surface area (Å²) in [5.74, 6) is 0.0934. The number of anilines is 1. The third kappa shape index (κ3) is 2.65. The Kier molecular flexibility index (Phi) is 3.20. The van der Waals surface area contributed by atoms with E-state index in [1.54, 1.807) is 12.3 Å². The monoisotopic (exact) mass is 344 g/mol. The molecule has 0 unspecified atom stereocenters. The fourth-order valence-electron chi connectivity index (χ4n) is 1.93. The number of piperidine rings is 1. The second kappa shape index (κ2) is 4.36. The number of imide groups is 1. The summed E-state index contributed by atoms with van der Waals surface area (Å²) in [4.78, 5) is 29.3. The summed E-state index contributed by atoms with van der Waals surface area (Å²) < 4.78 is 0.976. The van der Waals surface area contributed by atoms with Gasteiger partial charge < -0.3 is 0 Å². The van der Waals surface area contributed by atoms with Crippen LogP contribution in [0.5, 0.6) is 0 Å². The number of carbonyl (C=O) groups excluding carboxylic acids is 2. The highest BCUT2D eigenvalue weighted by atomic mass is 127. The van der Waals surface area contributed by atoms with E-state index in [-0.39, 0.29) is 17.2 Å². The Morgan fingerprint density at radius 1 is 1.24 bits per heavy atom. The minimum absolute atomic E-state index is 0.167. The van der Waals surface area contributed by atoms with E-state index in [9.17, 15) is 9.59 Å². The quantitative estimate of drug-likeness (QED) is 0.581. The van der Waals surface area contributed by atoms with E-state index >= 15 is 0 Å². The second-order valence-corrected chi connectivity index (χ2v) is 6.22. The molecule has 5 heteroatoms. The lowest BCUT2D eigenvalue weighted by atomic mass is 9.82. The zero-order valence-corrected chi connectivity index (χ0v) is 11.9. The van der Waals surface area contributed by atoms with Crippen molar-refractivity contribution in [2.45, 2.75) is 26.7 Å². The first-order chi connectivity index (χ1) is 7.89. The molecule has 0 bridgehead atoms. The van der Waals surface area contributed by atoms with Crippen molar-refractivity contribution < 1.29 is 9.59 Å². The van der Waals surface area contributed by atoms with Gasteiger partial charge in [0.05, 0.1) is 0 Å². The molecule has 1 aliphatic rings. The SMILES string of the molecule is CC1(C)CC(=O)N(c2ccc(I)cn2)C(=O)C1. The van der Waals surface area contributed by atoms with Gasteiger partial charge in [-0.2, -0.15) is 0 Å². The molecule has 0 atom stereocenters. The van der Waals surface area contributed by atoms with Crippen LogP contribution < -0.4 is 4.90 Å². The largest absolute Gasteiger partial charge is 0.274 e. The Labute approximate surface area is 114 Å². The molecule has 1 fully saturated rings. The maximum absolute atomic E-state index is 12.0. The van der Waals surface area contributed by atoms with E-state index in [4.69, 9.17) is 0 Å². The van der Waals surface area contributed by atoms with Crippen molar-refractivity contribution in [2.24, 2.45) is 5.41 Å². The Balaban J connectivity index is 2.30. The zero-order chi connectivity index (χ0) is 12.6. The van der Waals surface area contributed by atoms with Crippen LogP contribution in [0.1, 0.15) is 26.7 Å². The molecule has 0 aliphatic carbocycles. The molecule has 2 amide bonds. The van der Waals surface area contributed by atoms with Crippen molar-refractivity contribution in [3.8, 4) is 0 Å². The summed E-state index contributed by atoms with van der Waals surface area (Å²) in [5.41, 5.74) is -0.242. The number of aromatic nitrogens is 1. The van der Waals surface area contributed by atoms with Crippen LogP contribution in [-0.4, -0.2) is 16.8 Å². The van der Waals surface area contributed by atoms with Gasteiger partial charge in [0.2, 0.25) is 11.8 Å². The van der Waals surface area contributed by atoms with Crippen LogP contribution in [-0.2, 0) is 9.59 Å². The van der Waals surface area contributed by atoms with Crippen molar-refractivity contribution >= 4 is 40.2 Å². The minimum atomic E-state index is -0.242. The van der Waals surface area contributed by atoms with E-state index in [1.165, 1.54) is 4.90 Å². The molecule has 4 nitrogen and oxygen atoms in total. The fraction of sp³-hybridized carbons (Fsp3) is 0.417. The molecule has 1 saturated heterocycles. The van der Waals surface area contributed by atoms with Gasteiger partial charge in [0.1, 0.15) is 5.82 Å². The third-order valence-electron chi connectivity index (χ3n) is 2.70. The zero-order valence-electron chi connectivity index (χ0n) is 9.74. The lowest BCUT2D eigenvalue weighted by Gasteiger charge is -2.33. The van der Waals surface area contributed by atoms with E-state index in [0.717, 1.165) is 3.57 Å². The van der Waals surface area contributed by atoms with Gasteiger partial charge in [0.15, 0.2) is 0 Å². The molecule has 0 N–H and O–H groups in total. The molecule has 1 aliphatic heterocycles. The highest BCUT2D eigenvalue weighted by Gasteiger charge is 2.38. The molecule has 0 radical (unpaired) electrons. The number of nitrogens with zero attached hydrogens (tertiary/aromatic N) is 2. The predicted molar refractivity (Wildman–Crippen MR) is 72.5 cm³/mol. The first kappa shape index (κ1) is 12.5. The number of hydrogen-bond acceptors (Lipinski definition) is 3. The summed E-state index contributed by atoms with van der Waals surface area (Å²) in [5, 5.41) is 0. The molecule has 0 spiro atoms. The van der Waals surface area contributed by atoms with Crippen LogP contribution in [0.2, 0.25) is 0 Å². The smallest absolute Gasteiger partial charge is 0.235 e. The van der Waals surface area contributed by atoms with Gasteiger partial charge in [-0.05, 0) is 40.1 Å². The lowest BCUT2D eigenvalue weighted by molar-refractivity contribution is -0.132. The van der Waals surface area contributed by atoms with E-state index in [2.05, 4.69) is 27.6 Å². The average Bonchev–Trinajstić information content (AvgIpc) is 2.18. The van der Waals surface area contributed by atoms with Crippen LogP contribution in [0.25, 0.3) is 0 Å². The van der Waals surface area contributed by atoms with E-state index in [1.807, 2.05) is 19.9 Å². The van der Waals surface area contributed by atoms with Gasteiger partial charge in [-0.15, -0.1) is 0 Å². The molecule has 2 heterocycles. The third-order valence-corrected chi connectivity index (χ3v) is 3.34. The van der Waals surface area contributed by atoms with Crippen molar-refractivity contribution in [1.29, 1.82) is 0 Å². The number of carbonyl (C=O) groups is 2. The molecular formula is C12H13IN2O2. The molecule has 17 heavy (non-hydrogen) atoms. The van der Waals surface area contributed by atoms with Crippen molar-refractivity contribution in [3.05, 3.63) is 21.9 Å². The lowest BCUT2D eigenvalue weighted by Crippen LogP contribution is -2.46. The van der Waals surface area contributed by atoms with Crippen LogP contribution >= 0.6 is 22.6 Å². The first-order valence-corrected chi connectivity index (χ1v) is 6.44.